The van der Waals surface area contributed by atoms with Crippen molar-refractivity contribution >= 4 is 35.2 Å². The van der Waals surface area contributed by atoms with Crippen molar-refractivity contribution in [2.75, 3.05) is 26.2 Å². The number of unbranched alkanes of at least 4 members (excludes halogenated alkanes) is 3. The number of imide groups is 1. The fourth-order valence-electron chi connectivity index (χ4n) is 3.50. The van der Waals surface area contributed by atoms with Crippen LogP contribution in [0.1, 0.15) is 71.1 Å². The fraction of sp³-hybridized carbons (Fsp3) is 0.667. The highest BCUT2D eigenvalue weighted by molar-refractivity contribution is 6.13. The van der Waals surface area contributed by atoms with Gasteiger partial charge in [0.1, 0.15) is 11.6 Å². The minimum atomic E-state index is -0.586. The molecule has 10 heteroatoms. The van der Waals surface area contributed by atoms with E-state index in [1.165, 1.54) is 6.92 Å². The summed E-state index contributed by atoms with van der Waals surface area (Å²) >= 11 is 0. The van der Waals surface area contributed by atoms with Crippen molar-refractivity contribution in [3.63, 3.8) is 0 Å². The maximum atomic E-state index is 12.6. The van der Waals surface area contributed by atoms with E-state index in [4.69, 9.17) is 5.11 Å². The number of nitrogens with zero attached hydrogens (tertiary/aromatic N) is 1. The standard InChI is InChI=1S/C24H37N3O7/c1-18(29)11-14-26-24(34)19(7-4-5-13-25-21(31)8-3-2-6-16-28)17-20(30)12-15-27-22(32)9-10-23(27)33/h9-10,19,28H,2-8,11-17H2,1H3,(H,25,31)(H,26,34)/t19-/m1/s1. The molecule has 0 aromatic carbocycles. The number of amides is 4. The van der Waals surface area contributed by atoms with Gasteiger partial charge >= 0.3 is 0 Å². The third kappa shape index (κ3) is 12.4. The van der Waals surface area contributed by atoms with Gasteiger partial charge in [0, 0.05) is 70.0 Å². The Labute approximate surface area is 200 Å². The molecular weight excluding hydrogens is 442 g/mol. The Morgan fingerprint density at radius 2 is 1.59 bits per heavy atom. The van der Waals surface area contributed by atoms with Crippen LogP contribution in [0.5, 0.6) is 0 Å². The largest absolute Gasteiger partial charge is 0.396 e. The van der Waals surface area contributed by atoms with Crippen LogP contribution in [-0.4, -0.2) is 71.4 Å². The highest BCUT2D eigenvalue weighted by Crippen LogP contribution is 2.16. The zero-order valence-electron chi connectivity index (χ0n) is 20.0. The molecule has 0 aliphatic carbocycles. The van der Waals surface area contributed by atoms with E-state index in [-0.39, 0.29) is 62.3 Å². The van der Waals surface area contributed by atoms with E-state index in [2.05, 4.69) is 10.6 Å². The van der Waals surface area contributed by atoms with E-state index in [9.17, 15) is 28.8 Å². The Morgan fingerprint density at radius 1 is 0.882 bits per heavy atom. The molecule has 190 valence electrons. The number of aliphatic hydroxyl groups excluding tert-OH is 1. The van der Waals surface area contributed by atoms with Crippen molar-refractivity contribution in [2.24, 2.45) is 5.92 Å². The molecule has 0 aromatic heterocycles. The van der Waals surface area contributed by atoms with Gasteiger partial charge in [0.15, 0.2) is 0 Å². The average Bonchev–Trinajstić information content (AvgIpc) is 3.11. The van der Waals surface area contributed by atoms with Gasteiger partial charge in [-0.2, -0.15) is 0 Å². The number of carbonyl (C=O) groups is 6. The lowest BCUT2D eigenvalue weighted by Gasteiger charge is -2.17. The predicted molar refractivity (Wildman–Crippen MR) is 124 cm³/mol. The summed E-state index contributed by atoms with van der Waals surface area (Å²) in [5.41, 5.74) is 0. The van der Waals surface area contributed by atoms with Gasteiger partial charge in [-0.25, -0.2) is 0 Å². The molecule has 0 fully saturated rings. The van der Waals surface area contributed by atoms with Gasteiger partial charge < -0.3 is 15.7 Å². The zero-order chi connectivity index (χ0) is 25.3. The molecule has 0 bridgehead atoms. The maximum Gasteiger partial charge on any atom is 0.253 e. The van der Waals surface area contributed by atoms with E-state index in [1.54, 1.807) is 0 Å². The minimum absolute atomic E-state index is 0.0211. The minimum Gasteiger partial charge on any atom is -0.396 e. The first-order valence-electron chi connectivity index (χ1n) is 11.9. The quantitative estimate of drug-likeness (QED) is 0.183. The van der Waals surface area contributed by atoms with Gasteiger partial charge in [0.05, 0.1) is 0 Å². The first-order chi connectivity index (χ1) is 16.2. The van der Waals surface area contributed by atoms with Gasteiger partial charge in [-0.3, -0.25) is 33.7 Å². The van der Waals surface area contributed by atoms with Gasteiger partial charge in [-0.1, -0.05) is 12.8 Å². The second-order valence-corrected chi connectivity index (χ2v) is 8.47. The zero-order valence-corrected chi connectivity index (χ0v) is 20.0. The summed E-state index contributed by atoms with van der Waals surface area (Å²) in [5.74, 6) is -2.12. The number of ketones is 2. The molecule has 0 radical (unpaired) electrons. The van der Waals surface area contributed by atoms with Crippen LogP contribution in [0, 0.1) is 5.92 Å². The number of Topliss-reactive ketones (excluding diaryl/α,β-unsaturated/α-hetero) is 2. The van der Waals surface area contributed by atoms with Gasteiger partial charge in [0.25, 0.3) is 11.8 Å². The van der Waals surface area contributed by atoms with Crippen LogP contribution < -0.4 is 10.6 Å². The summed E-state index contributed by atoms with van der Waals surface area (Å²) in [7, 11) is 0. The summed E-state index contributed by atoms with van der Waals surface area (Å²) in [6.07, 6.45) is 6.81. The highest BCUT2D eigenvalue weighted by atomic mass is 16.3. The molecule has 0 spiro atoms. The highest BCUT2D eigenvalue weighted by Gasteiger charge is 2.26. The molecule has 0 aromatic rings. The van der Waals surface area contributed by atoms with Crippen LogP contribution >= 0.6 is 0 Å². The van der Waals surface area contributed by atoms with E-state index >= 15 is 0 Å². The monoisotopic (exact) mass is 479 g/mol. The number of carbonyl (C=O) groups excluding carboxylic acids is 6. The normalized spacial score (nSPS) is 13.8. The van der Waals surface area contributed by atoms with Gasteiger partial charge in [0.2, 0.25) is 11.8 Å². The first kappa shape index (κ1) is 29.2. The van der Waals surface area contributed by atoms with Crippen molar-refractivity contribution in [2.45, 2.75) is 71.1 Å². The Bertz CT molecular complexity index is 746. The number of rotatable bonds is 19. The molecule has 0 saturated heterocycles. The summed E-state index contributed by atoms with van der Waals surface area (Å²) in [6, 6.07) is 0. The van der Waals surface area contributed by atoms with Crippen LogP contribution in [0.3, 0.4) is 0 Å². The Balaban J connectivity index is 2.43. The average molecular weight is 480 g/mol. The molecular formula is C24H37N3O7. The molecule has 10 nitrogen and oxygen atoms in total. The van der Waals surface area contributed by atoms with Crippen molar-refractivity contribution in [1.29, 1.82) is 0 Å². The summed E-state index contributed by atoms with van der Waals surface area (Å²) in [6.45, 7) is 2.21. The lowest BCUT2D eigenvalue weighted by atomic mass is 9.94. The van der Waals surface area contributed by atoms with E-state index < -0.39 is 17.7 Å². The Hall–Kier alpha value is -2.88. The van der Waals surface area contributed by atoms with Crippen molar-refractivity contribution < 1.29 is 33.9 Å². The second kappa shape index (κ2) is 16.7. The van der Waals surface area contributed by atoms with Gasteiger partial charge in [-0.15, -0.1) is 0 Å². The molecule has 1 heterocycles. The molecule has 1 atom stereocenters. The fourth-order valence-corrected chi connectivity index (χ4v) is 3.50. The third-order valence-electron chi connectivity index (χ3n) is 5.50. The van der Waals surface area contributed by atoms with Crippen LogP contribution in [0.25, 0.3) is 0 Å². The number of nitrogens with one attached hydrogen (secondary N) is 2. The molecule has 0 saturated carbocycles. The van der Waals surface area contributed by atoms with Crippen LogP contribution in [0.4, 0.5) is 0 Å². The summed E-state index contributed by atoms with van der Waals surface area (Å²) < 4.78 is 0. The lowest BCUT2D eigenvalue weighted by molar-refractivity contribution is -0.137. The number of aliphatic hydroxyl groups is 1. The van der Waals surface area contributed by atoms with Crippen molar-refractivity contribution in [1.82, 2.24) is 15.5 Å². The summed E-state index contributed by atoms with van der Waals surface area (Å²) in [4.78, 5) is 72.2. The number of hydrogen-bond donors (Lipinski definition) is 3. The van der Waals surface area contributed by atoms with Crippen LogP contribution in [0.15, 0.2) is 12.2 Å². The van der Waals surface area contributed by atoms with E-state index in [0.29, 0.717) is 38.6 Å². The molecule has 1 rings (SSSR count). The predicted octanol–water partition coefficient (Wildman–Crippen LogP) is 0.811. The molecule has 3 N–H and O–H groups in total. The Morgan fingerprint density at radius 3 is 2.24 bits per heavy atom. The topological polar surface area (TPSA) is 150 Å². The van der Waals surface area contributed by atoms with E-state index in [0.717, 1.165) is 29.9 Å². The number of hydrogen-bond acceptors (Lipinski definition) is 7. The molecule has 34 heavy (non-hydrogen) atoms. The third-order valence-corrected chi connectivity index (χ3v) is 5.50. The first-order valence-corrected chi connectivity index (χ1v) is 11.9. The maximum absolute atomic E-state index is 12.6. The molecule has 4 amide bonds. The van der Waals surface area contributed by atoms with Crippen molar-refractivity contribution in [3.8, 4) is 0 Å². The van der Waals surface area contributed by atoms with Crippen molar-refractivity contribution in [3.05, 3.63) is 12.2 Å². The van der Waals surface area contributed by atoms with Crippen LogP contribution in [-0.2, 0) is 28.8 Å². The molecule has 0 unspecified atom stereocenters. The molecule has 1 aliphatic rings. The molecule has 1 aliphatic heterocycles. The lowest BCUT2D eigenvalue weighted by Crippen LogP contribution is -2.35. The SMILES string of the molecule is CC(=O)CCNC(=O)[C@H](CCCCNC(=O)CCCCCO)CC(=O)CCN1C(=O)C=CC1=O. The second-order valence-electron chi connectivity index (χ2n) is 8.47. The smallest absolute Gasteiger partial charge is 0.253 e. The Kier molecular flexibility index (Phi) is 14.3. The van der Waals surface area contributed by atoms with E-state index in [1.807, 2.05) is 0 Å². The van der Waals surface area contributed by atoms with Gasteiger partial charge in [-0.05, 0) is 32.6 Å². The summed E-state index contributed by atoms with van der Waals surface area (Å²) in [5, 5.41) is 14.3. The van der Waals surface area contributed by atoms with Crippen LogP contribution in [0.2, 0.25) is 0 Å².